The number of anilines is 1. The molecule has 0 radical (unpaired) electrons. The van der Waals surface area contributed by atoms with Gasteiger partial charge in [0.2, 0.25) is 23.6 Å². The highest BCUT2D eigenvalue weighted by atomic mass is 16.6. The van der Waals surface area contributed by atoms with Crippen molar-refractivity contribution in [1.82, 2.24) is 16.0 Å². The molecule has 0 saturated carbocycles. The van der Waals surface area contributed by atoms with Gasteiger partial charge in [-0.2, -0.15) is 0 Å². The molecule has 156 valence electrons. The average Bonchev–Trinajstić information content (AvgIpc) is 2.67. The zero-order valence-corrected chi connectivity index (χ0v) is 15.1. The Bertz CT molecular complexity index is 793. The molecule has 0 fully saturated rings. The summed E-state index contributed by atoms with van der Waals surface area (Å²) in [5.74, 6) is -3.66. The van der Waals surface area contributed by atoms with Crippen LogP contribution in [0.4, 0.5) is 11.4 Å². The van der Waals surface area contributed by atoms with Crippen LogP contribution in [0, 0.1) is 10.1 Å². The maximum atomic E-state index is 11.7. The third-order valence-electron chi connectivity index (χ3n) is 3.27. The van der Waals surface area contributed by atoms with Gasteiger partial charge in [0.1, 0.15) is 0 Å². The van der Waals surface area contributed by atoms with Crippen LogP contribution in [0.1, 0.15) is 12.8 Å². The summed E-state index contributed by atoms with van der Waals surface area (Å²) in [6.07, 6.45) is -0.634. The van der Waals surface area contributed by atoms with Crippen molar-refractivity contribution in [3.63, 3.8) is 0 Å². The molecule has 0 aliphatic heterocycles. The highest BCUT2D eigenvalue weighted by molar-refractivity contribution is 5.95. The molecule has 0 heterocycles. The number of nitro benzene ring substituents is 1. The average molecular weight is 409 g/mol. The number of carbonyl (C=O) groups is 5. The predicted molar refractivity (Wildman–Crippen MR) is 97.6 cm³/mol. The number of carboxylic acids is 1. The SMILES string of the molecule is O=C(O)CCC(=O)NCC(=O)NCC(=O)NCC(=O)Nc1ccc([N+](=O)[O-])cc1. The Morgan fingerprint density at radius 2 is 1.28 bits per heavy atom. The molecular weight excluding hydrogens is 390 g/mol. The fraction of sp³-hybridized carbons (Fsp3) is 0.312. The van der Waals surface area contributed by atoms with Crippen LogP contribution >= 0.6 is 0 Å². The molecule has 4 amide bonds. The van der Waals surface area contributed by atoms with E-state index in [1.54, 1.807) is 0 Å². The molecule has 1 aromatic rings. The Labute approximate surface area is 164 Å². The van der Waals surface area contributed by atoms with Crippen molar-refractivity contribution in [2.45, 2.75) is 12.8 Å². The number of carboxylic acid groups (broad SMARTS) is 1. The second-order valence-corrected chi connectivity index (χ2v) is 5.58. The molecule has 0 unspecified atom stereocenters. The number of nitrogens with zero attached hydrogens (tertiary/aromatic N) is 1. The molecule has 0 aromatic heterocycles. The molecule has 0 spiro atoms. The molecule has 0 bridgehead atoms. The molecule has 5 N–H and O–H groups in total. The van der Waals surface area contributed by atoms with Crippen molar-refractivity contribution < 1.29 is 34.0 Å². The molecule has 13 heteroatoms. The van der Waals surface area contributed by atoms with E-state index < -0.39 is 54.2 Å². The van der Waals surface area contributed by atoms with Crippen molar-refractivity contribution in [2.24, 2.45) is 0 Å². The quantitative estimate of drug-likeness (QED) is 0.220. The number of rotatable bonds is 11. The number of benzene rings is 1. The van der Waals surface area contributed by atoms with Crippen LogP contribution in [0.3, 0.4) is 0 Å². The van der Waals surface area contributed by atoms with Crippen molar-refractivity contribution >= 4 is 41.0 Å². The highest BCUT2D eigenvalue weighted by Crippen LogP contribution is 2.14. The van der Waals surface area contributed by atoms with E-state index in [4.69, 9.17) is 5.11 Å². The lowest BCUT2D eigenvalue weighted by atomic mass is 10.3. The second kappa shape index (κ2) is 11.6. The molecule has 0 saturated heterocycles. The van der Waals surface area contributed by atoms with Gasteiger partial charge in [-0.3, -0.25) is 34.1 Å². The number of nitrogens with one attached hydrogen (secondary N) is 4. The number of hydrogen-bond acceptors (Lipinski definition) is 7. The van der Waals surface area contributed by atoms with Crippen LogP contribution in [-0.4, -0.2) is 59.3 Å². The lowest BCUT2D eigenvalue weighted by Crippen LogP contribution is -2.43. The van der Waals surface area contributed by atoms with Gasteiger partial charge in [0, 0.05) is 24.2 Å². The smallest absolute Gasteiger partial charge is 0.303 e. The Kier molecular flexibility index (Phi) is 9.23. The van der Waals surface area contributed by atoms with E-state index in [9.17, 15) is 34.1 Å². The third kappa shape index (κ3) is 10.0. The second-order valence-electron chi connectivity index (χ2n) is 5.58. The van der Waals surface area contributed by atoms with Gasteiger partial charge in [0.25, 0.3) is 5.69 Å². The number of non-ortho nitro benzene ring substituents is 1. The fourth-order valence-corrected chi connectivity index (χ4v) is 1.84. The lowest BCUT2D eigenvalue weighted by molar-refractivity contribution is -0.384. The molecule has 0 aliphatic carbocycles. The van der Waals surface area contributed by atoms with E-state index in [1.165, 1.54) is 24.3 Å². The molecule has 1 rings (SSSR count). The third-order valence-corrected chi connectivity index (χ3v) is 3.27. The minimum atomic E-state index is -1.14. The summed E-state index contributed by atoms with van der Waals surface area (Å²) in [5.41, 5.74) is 0.173. The Morgan fingerprint density at radius 3 is 1.76 bits per heavy atom. The first-order valence-corrected chi connectivity index (χ1v) is 8.23. The Morgan fingerprint density at radius 1 is 0.793 bits per heavy atom. The van der Waals surface area contributed by atoms with Crippen molar-refractivity contribution in [3.8, 4) is 0 Å². The summed E-state index contributed by atoms with van der Waals surface area (Å²) in [4.78, 5) is 66.4. The molecule has 29 heavy (non-hydrogen) atoms. The minimum Gasteiger partial charge on any atom is -0.481 e. The van der Waals surface area contributed by atoms with Gasteiger partial charge in [-0.25, -0.2) is 0 Å². The summed E-state index contributed by atoms with van der Waals surface area (Å²) in [7, 11) is 0. The summed E-state index contributed by atoms with van der Waals surface area (Å²) in [6, 6.07) is 5.10. The predicted octanol–water partition coefficient (Wildman–Crippen LogP) is -1.25. The topological polar surface area (TPSA) is 197 Å². The number of aliphatic carboxylic acids is 1. The number of amides is 4. The summed E-state index contributed by atoms with van der Waals surface area (Å²) < 4.78 is 0. The van der Waals surface area contributed by atoms with Crippen molar-refractivity contribution in [2.75, 3.05) is 25.0 Å². The molecule has 0 atom stereocenters. The zero-order chi connectivity index (χ0) is 21.8. The van der Waals surface area contributed by atoms with Crippen LogP contribution < -0.4 is 21.3 Å². The first-order chi connectivity index (χ1) is 13.7. The Balaban J connectivity index is 2.23. The molecule has 13 nitrogen and oxygen atoms in total. The van der Waals surface area contributed by atoms with E-state index in [2.05, 4.69) is 21.3 Å². The van der Waals surface area contributed by atoms with Crippen LogP contribution in [0.15, 0.2) is 24.3 Å². The van der Waals surface area contributed by atoms with E-state index >= 15 is 0 Å². The number of nitro groups is 1. The van der Waals surface area contributed by atoms with Crippen LogP contribution in [0.5, 0.6) is 0 Å². The van der Waals surface area contributed by atoms with Gasteiger partial charge < -0.3 is 26.4 Å². The summed E-state index contributed by atoms with van der Waals surface area (Å²) >= 11 is 0. The molecule has 0 aliphatic rings. The standard InChI is InChI=1S/C16H19N5O8/c22-12(5-6-16(26)27)17-7-13(23)18-8-14(24)19-9-15(25)20-10-1-3-11(4-2-10)21(28)29/h1-4H,5-9H2,(H,17,22)(H,18,23)(H,19,24)(H,20,25)(H,26,27). The van der Waals surface area contributed by atoms with Crippen LogP contribution in [-0.2, 0) is 24.0 Å². The van der Waals surface area contributed by atoms with Crippen molar-refractivity contribution in [3.05, 3.63) is 34.4 Å². The first kappa shape index (κ1) is 23.0. The van der Waals surface area contributed by atoms with E-state index in [-0.39, 0.29) is 18.5 Å². The van der Waals surface area contributed by atoms with E-state index in [1.807, 2.05) is 0 Å². The first-order valence-electron chi connectivity index (χ1n) is 8.23. The maximum absolute atomic E-state index is 11.7. The van der Waals surface area contributed by atoms with Gasteiger partial charge in [0.05, 0.1) is 31.0 Å². The van der Waals surface area contributed by atoms with Gasteiger partial charge >= 0.3 is 5.97 Å². The van der Waals surface area contributed by atoms with Crippen molar-refractivity contribution in [1.29, 1.82) is 0 Å². The van der Waals surface area contributed by atoms with Gasteiger partial charge in [-0.05, 0) is 12.1 Å². The van der Waals surface area contributed by atoms with Gasteiger partial charge in [0.15, 0.2) is 0 Å². The largest absolute Gasteiger partial charge is 0.481 e. The van der Waals surface area contributed by atoms with E-state index in [0.717, 1.165) is 0 Å². The fourth-order valence-electron chi connectivity index (χ4n) is 1.84. The normalized spacial score (nSPS) is 9.79. The lowest BCUT2D eigenvalue weighted by Gasteiger charge is -2.08. The van der Waals surface area contributed by atoms with Crippen LogP contribution in [0.2, 0.25) is 0 Å². The van der Waals surface area contributed by atoms with Gasteiger partial charge in [-0.1, -0.05) is 0 Å². The minimum absolute atomic E-state index is 0.134. The number of hydrogen-bond donors (Lipinski definition) is 5. The summed E-state index contributed by atoms with van der Waals surface area (Å²) in [5, 5.41) is 28.1. The highest BCUT2D eigenvalue weighted by Gasteiger charge is 2.11. The molecule has 1 aromatic carbocycles. The zero-order valence-electron chi connectivity index (χ0n) is 15.1. The maximum Gasteiger partial charge on any atom is 0.303 e. The monoisotopic (exact) mass is 409 g/mol. The van der Waals surface area contributed by atoms with Crippen LogP contribution in [0.25, 0.3) is 0 Å². The summed E-state index contributed by atoms with van der Waals surface area (Å²) in [6.45, 7) is -1.25. The Hall–Kier alpha value is -4.03. The molecular formula is C16H19N5O8. The number of carbonyl (C=O) groups excluding carboxylic acids is 4. The van der Waals surface area contributed by atoms with Gasteiger partial charge in [-0.15, -0.1) is 0 Å². The van der Waals surface area contributed by atoms with E-state index in [0.29, 0.717) is 5.69 Å².